The quantitative estimate of drug-likeness (QED) is 0.206. The van der Waals surface area contributed by atoms with Crippen molar-refractivity contribution in [2.45, 2.75) is 26.0 Å². The van der Waals surface area contributed by atoms with Crippen LogP contribution in [-0.4, -0.2) is 78.6 Å². The molecule has 2 heterocycles. The van der Waals surface area contributed by atoms with E-state index in [0.717, 1.165) is 10.8 Å². The Kier molecular flexibility index (Phi) is 9.03. The molecule has 12 heteroatoms. The molecule has 0 aromatic heterocycles. The summed E-state index contributed by atoms with van der Waals surface area (Å²) in [7, 11) is 1.70. The molecule has 2 aliphatic heterocycles. The molecule has 244 valence electrons. The number of carbonyl (C=O) groups is 3. The van der Waals surface area contributed by atoms with Crippen LogP contribution in [0.4, 0.5) is 26.7 Å². The Morgan fingerprint density at radius 3 is 2.43 bits per heavy atom. The van der Waals surface area contributed by atoms with Crippen LogP contribution in [0.1, 0.15) is 24.2 Å². The minimum Gasteiger partial charge on any atom is -0.487 e. The van der Waals surface area contributed by atoms with Crippen LogP contribution in [0.5, 0.6) is 17.2 Å². The second kappa shape index (κ2) is 13.5. The van der Waals surface area contributed by atoms with Gasteiger partial charge in [-0.15, -0.1) is 0 Å². The molecule has 2 aliphatic rings. The highest BCUT2D eigenvalue weighted by molar-refractivity contribution is 6.03. The van der Waals surface area contributed by atoms with Gasteiger partial charge in [0.25, 0.3) is 5.91 Å². The Morgan fingerprint density at radius 1 is 0.936 bits per heavy atom. The standard InChI is InChI=1S/C35H37N5O7/c1-21-17-40(22(2)19-41)33(42)27-15-24(36-34(43)37-25-12-14-30-31(16-25)46-20-45-30)11-13-29(27)47-32(21)18-39(3)35(44)38-28-10-6-8-23-7-4-5-9-26(23)28/h4-16,21-22,32,41H,17-20H2,1-3H3,(H,38,44)(H2,36,37,43)/t21-,22-,32-/m0/s1. The molecule has 0 aliphatic carbocycles. The van der Waals surface area contributed by atoms with E-state index in [-0.39, 0.29) is 49.9 Å². The number of aliphatic hydroxyl groups excluding tert-OH is 1. The lowest BCUT2D eigenvalue weighted by Crippen LogP contribution is -2.50. The summed E-state index contributed by atoms with van der Waals surface area (Å²) >= 11 is 0. The zero-order valence-corrected chi connectivity index (χ0v) is 26.4. The highest BCUT2D eigenvalue weighted by Gasteiger charge is 2.34. The lowest BCUT2D eigenvalue weighted by Gasteiger charge is -2.38. The van der Waals surface area contributed by atoms with E-state index in [1.807, 2.05) is 49.4 Å². The molecule has 47 heavy (non-hydrogen) atoms. The number of likely N-dealkylation sites (N-methyl/N-ethyl adjacent to an activating group) is 1. The molecule has 4 aromatic rings. The lowest BCUT2D eigenvalue weighted by molar-refractivity contribution is 0.0371. The second-order valence-electron chi connectivity index (χ2n) is 11.8. The third-order valence-corrected chi connectivity index (χ3v) is 8.38. The summed E-state index contributed by atoms with van der Waals surface area (Å²) in [5, 5.41) is 20.5. The SMILES string of the molecule is C[C@H]1CN([C@@H](C)CO)C(=O)c2cc(NC(=O)Nc3ccc4c(c3)OCO4)ccc2O[C@H]1CN(C)C(=O)Nc1cccc2ccccc12. The minimum absolute atomic E-state index is 0.121. The zero-order valence-electron chi connectivity index (χ0n) is 26.4. The number of aliphatic hydroxyl groups is 1. The van der Waals surface area contributed by atoms with Gasteiger partial charge in [-0.3, -0.25) is 4.79 Å². The molecule has 3 atom stereocenters. The Hall–Kier alpha value is -5.49. The van der Waals surface area contributed by atoms with Gasteiger partial charge in [-0.05, 0) is 48.7 Å². The van der Waals surface area contributed by atoms with Crippen LogP contribution < -0.4 is 30.2 Å². The van der Waals surface area contributed by atoms with Gasteiger partial charge in [0.05, 0.1) is 30.4 Å². The van der Waals surface area contributed by atoms with Gasteiger partial charge in [0.1, 0.15) is 11.9 Å². The average molecular weight is 640 g/mol. The molecule has 12 nitrogen and oxygen atoms in total. The number of nitrogens with zero attached hydrogens (tertiary/aromatic N) is 2. The Balaban J connectivity index is 1.20. The number of amides is 5. The zero-order chi connectivity index (χ0) is 33.1. The minimum atomic E-state index is -0.520. The smallest absolute Gasteiger partial charge is 0.323 e. The van der Waals surface area contributed by atoms with Crippen molar-refractivity contribution in [1.82, 2.24) is 9.80 Å². The molecule has 0 saturated heterocycles. The molecule has 5 amide bonds. The third kappa shape index (κ3) is 6.87. The first-order chi connectivity index (χ1) is 22.7. The maximum atomic E-state index is 13.8. The van der Waals surface area contributed by atoms with E-state index >= 15 is 0 Å². The molecule has 0 spiro atoms. The predicted octanol–water partition coefficient (Wildman–Crippen LogP) is 5.60. The number of hydrogen-bond donors (Lipinski definition) is 4. The van der Waals surface area contributed by atoms with Crippen molar-refractivity contribution in [3.8, 4) is 17.2 Å². The molecule has 0 unspecified atom stereocenters. The van der Waals surface area contributed by atoms with Gasteiger partial charge in [-0.2, -0.15) is 0 Å². The number of hydrogen-bond acceptors (Lipinski definition) is 7. The van der Waals surface area contributed by atoms with E-state index in [4.69, 9.17) is 14.2 Å². The highest BCUT2D eigenvalue weighted by Crippen LogP contribution is 2.35. The first kappa shape index (κ1) is 31.5. The Labute approximate surface area is 272 Å². The molecular formula is C35H37N5O7. The summed E-state index contributed by atoms with van der Waals surface area (Å²) in [6, 6.07) is 22.2. The van der Waals surface area contributed by atoms with Crippen molar-refractivity contribution >= 4 is 45.8 Å². The van der Waals surface area contributed by atoms with Crippen LogP contribution in [0.25, 0.3) is 10.8 Å². The molecule has 0 radical (unpaired) electrons. The number of benzene rings is 4. The van der Waals surface area contributed by atoms with Crippen molar-refractivity contribution in [1.29, 1.82) is 0 Å². The van der Waals surface area contributed by atoms with Gasteiger partial charge in [0.15, 0.2) is 11.5 Å². The molecule has 6 rings (SSSR count). The maximum absolute atomic E-state index is 13.8. The summed E-state index contributed by atoms with van der Waals surface area (Å²) in [5.41, 5.74) is 1.80. The topological polar surface area (TPSA) is 142 Å². The van der Waals surface area contributed by atoms with Gasteiger partial charge < -0.3 is 45.1 Å². The summed E-state index contributed by atoms with van der Waals surface area (Å²) in [6.07, 6.45) is -0.494. The van der Waals surface area contributed by atoms with E-state index in [0.29, 0.717) is 34.3 Å². The number of rotatable bonds is 7. The Bertz CT molecular complexity index is 1810. The van der Waals surface area contributed by atoms with Crippen LogP contribution in [0.3, 0.4) is 0 Å². The van der Waals surface area contributed by atoms with Crippen LogP contribution >= 0.6 is 0 Å². The maximum Gasteiger partial charge on any atom is 0.323 e. The molecule has 4 aromatic carbocycles. The van der Waals surface area contributed by atoms with E-state index in [9.17, 15) is 19.5 Å². The van der Waals surface area contributed by atoms with Crippen molar-refractivity contribution in [2.75, 3.05) is 49.5 Å². The number of fused-ring (bicyclic) bond motifs is 3. The van der Waals surface area contributed by atoms with Gasteiger partial charge in [-0.1, -0.05) is 43.3 Å². The normalized spacial score (nSPS) is 17.5. The fourth-order valence-electron chi connectivity index (χ4n) is 5.68. The van der Waals surface area contributed by atoms with Crippen LogP contribution in [0, 0.1) is 5.92 Å². The summed E-state index contributed by atoms with van der Waals surface area (Å²) in [6.45, 7) is 4.12. The number of anilines is 3. The largest absolute Gasteiger partial charge is 0.487 e. The number of urea groups is 2. The molecule has 0 fully saturated rings. The fraction of sp³-hybridized carbons (Fsp3) is 0.286. The van der Waals surface area contributed by atoms with Crippen molar-refractivity contribution in [3.63, 3.8) is 0 Å². The summed E-state index contributed by atoms with van der Waals surface area (Å²) in [4.78, 5) is 43.2. The average Bonchev–Trinajstić information content (AvgIpc) is 3.54. The Morgan fingerprint density at radius 2 is 1.64 bits per heavy atom. The van der Waals surface area contributed by atoms with E-state index in [1.165, 1.54) is 0 Å². The molecular weight excluding hydrogens is 602 g/mol. The number of carbonyl (C=O) groups excluding carboxylic acids is 3. The van der Waals surface area contributed by atoms with E-state index in [2.05, 4.69) is 16.0 Å². The van der Waals surface area contributed by atoms with Crippen molar-refractivity contribution in [3.05, 3.63) is 84.4 Å². The van der Waals surface area contributed by atoms with E-state index in [1.54, 1.807) is 60.2 Å². The third-order valence-electron chi connectivity index (χ3n) is 8.38. The van der Waals surface area contributed by atoms with Gasteiger partial charge in [-0.25, -0.2) is 9.59 Å². The molecule has 4 N–H and O–H groups in total. The first-order valence-corrected chi connectivity index (χ1v) is 15.4. The fourth-order valence-corrected chi connectivity index (χ4v) is 5.68. The first-order valence-electron chi connectivity index (χ1n) is 15.4. The van der Waals surface area contributed by atoms with Crippen molar-refractivity contribution in [2.24, 2.45) is 5.92 Å². The van der Waals surface area contributed by atoms with Gasteiger partial charge in [0, 0.05) is 42.3 Å². The second-order valence-corrected chi connectivity index (χ2v) is 11.8. The predicted molar refractivity (Wildman–Crippen MR) is 178 cm³/mol. The van der Waals surface area contributed by atoms with Gasteiger partial charge >= 0.3 is 12.1 Å². The number of nitrogens with one attached hydrogen (secondary N) is 3. The van der Waals surface area contributed by atoms with Crippen LogP contribution in [0.2, 0.25) is 0 Å². The van der Waals surface area contributed by atoms with Crippen LogP contribution in [-0.2, 0) is 0 Å². The monoisotopic (exact) mass is 639 g/mol. The van der Waals surface area contributed by atoms with Crippen LogP contribution in [0.15, 0.2) is 78.9 Å². The summed E-state index contributed by atoms with van der Waals surface area (Å²) in [5.74, 6) is 0.909. The van der Waals surface area contributed by atoms with E-state index < -0.39 is 18.2 Å². The van der Waals surface area contributed by atoms with Crippen molar-refractivity contribution < 1.29 is 33.7 Å². The summed E-state index contributed by atoms with van der Waals surface area (Å²) < 4.78 is 17.1. The highest BCUT2D eigenvalue weighted by atomic mass is 16.7. The molecule has 0 saturated carbocycles. The molecule has 0 bridgehead atoms. The number of ether oxygens (including phenoxy) is 3. The van der Waals surface area contributed by atoms with Gasteiger partial charge in [0.2, 0.25) is 6.79 Å². The lowest BCUT2D eigenvalue weighted by atomic mass is 9.99.